The van der Waals surface area contributed by atoms with Crippen LogP contribution in [0, 0.1) is 19.3 Å². The number of anilines is 1. The Hall–Kier alpha value is -1.09. The van der Waals surface area contributed by atoms with E-state index in [-0.39, 0.29) is 0 Å². The second kappa shape index (κ2) is 5.50. The molecule has 0 saturated carbocycles. The lowest BCUT2D eigenvalue weighted by Gasteiger charge is -2.18. The standard InChI is InChI=1S/C14H24N2O/c1-10-8-16-12(11(2)13(10)15)9-17-7-6-14(3,4)5/h8H,6-7,9H2,1-5H3,(H2,15,16). The lowest BCUT2D eigenvalue weighted by atomic mass is 9.93. The molecule has 3 heteroatoms. The quantitative estimate of drug-likeness (QED) is 0.816. The van der Waals surface area contributed by atoms with E-state index in [0.29, 0.717) is 12.0 Å². The van der Waals surface area contributed by atoms with Crippen LogP contribution in [0.1, 0.15) is 44.0 Å². The maximum atomic E-state index is 5.96. The van der Waals surface area contributed by atoms with Crippen LogP contribution in [0.15, 0.2) is 6.20 Å². The summed E-state index contributed by atoms with van der Waals surface area (Å²) in [6.07, 6.45) is 2.86. The molecule has 0 radical (unpaired) electrons. The van der Waals surface area contributed by atoms with Crippen molar-refractivity contribution in [1.82, 2.24) is 4.98 Å². The number of ether oxygens (including phenoxy) is 1. The van der Waals surface area contributed by atoms with Crippen LogP contribution in [0.5, 0.6) is 0 Å². The first-order valence-electron chi connectivity index (χ1n) is 6.09. The summed E-state index contributed by atoms with van der Waals surface area (Å²) in [5.41, 5.74) is 10.1. The second-order valence-electron chi connectivity index (χ2n) is 5.79. The van der Waals surface area contributed by atoms with Crippen molar-refractivity contribution in [2.75, 3.05) is 12.3 Å². The van der Waals surface area contributed by atoms with E-state index in [1.54, 1.807) is 0 Å². The van der Waals surface area contributed by atoms with E-state index in [0.717, 1.165) is 35.5 Å². The number of hydrogen-bond acceptors (Lipinski definition) is 3. The molecule has 0 unspecified atom stereocenters. The smallest absolute Gasteiger partial charge is 0.0891 e. The van der Waals surface area contributed by atoms with Gasteiger partial charge in [0.25, 0.3) is 0 Å². The van der Waals surface area contributed by atoms with Crippen LogP contribution in [0.3, 0.4) is 0 Å². The first-order chi connectivity index (χ1) is 7.81. The Labute approximate surface area is 104 Å². The highest BCUT2D eigenvalue weighted by Crippen LogP contribution is 2.20. The molecule has 0 saturated heterocycles. The van der Waals surface area contributed by atoms with Crippen molar-refractivity contribution in [3.8, 4) is 0 Å². The van der Waals surface area contributed by atoms with Crippen LogP contribution in [0.4, 0.5) is 5.69 Å². The van der Waals surface area contributed by atoms with E-state index in [2.05, 4.69) is 25.8 Å². The summed E-state index contributed by atoms with van der Waals surface area (Å²) in [5.74, 6) is 0. The molecule has 0 amide bonds. The molecule has 17 heavy (non-hydrogen) atoms. The number of pyridine rings is 1. The Morgan fingerprint density at radius 1 is 1.29 bits per heavy atom. The van der Waals surface area contributed by atoms with Crippen LogP contribution in [0.2, 0.25) is 0 Å². The molecule has 1 aromatic rings. The number of aromatic nitrogens is 1. The minimum Gasteiger partial charge on any atom is -0.398 e. The average Bonchev–Trinajstić information content (AvgIpc) is 2.22. The maximum Gasteiger partial charge on any atom is 0.0891 e. The van der Waals surface area contributed by atoms with Gasteiger partial charge in [-0.15, -0.1) is 0 Å². The number of nitrogens with two attached hydrogens (primary N) is 1. The molecule has 2 N–H and O–H groups in total. The fraction of sp³-hybridized carbons (Fsp3) is 0.643. The van der Waals surface area contributed by atoms with Gasteiger partial charge in [0, 0.05) is 18.5 Å². The van der Waals surface area contributed by atoms with Crippen molar-refractivity contribution in [2.24, 2.45) is 5.41 Å². The third kappa shape index (κ3) is 4.35. The average molecular weight is 236 g/mol. The summed E-state index contributed by atoms with van der Waals surface area (Å²) in [7, 11) is 0. The van der Waals surface area contributed by atoms with Crippen LogP contribution in [-0.4, -0.2) is 11.6 Å². The van der Waals surface area contributed by atoms with Crippen molar-refractivity contribution in [3.05, 3.63) is 23.0 Å². The Kier molecular flexibility index (Phi) is 4.52. The molecular weight excluding hydrogens is 212 g/mol. The lowest BCUT2D eigenvalue weighted by Crippen LogP contribution is -2.10. The SMILES string of the molecule is Cc1cnc(COCCC(C)(C)C)c(C)c1N. The predicted octanol–water partition coefficient (Wildman–Crippen LogP) is 3.23. The Morgan fingerprint density at radius 3 is 2.53 bits per heavy atom. The zero-order valence-corrected chi connectivity index (χ0v) is 11.6. The van der Waals surface area contributed by atoms with E-state index >= 15 is 0 Å². The van der Waals surface area contributed by atoms with Gasteiger partial charge in [-0.05, 0) is 36.8 Å². The second-order valence-corrected chi connectivity index (χ2v) is 5.79. The van der Waals surface area contributed by atoms with E-state index in [1.165, 1.54) is 0 Å². The fourth-order valence-corrected chi connectivity index (χ4v) is 1.49. The third-order valence-electron chi connectivity index (χ3n) is 2.91. The highest BCUT2D eigenvalue weighted by atomic mass is 16.5. The maximum absolute atomic E-state index is 5.96. The molecular formula is C14H24N2O. The minimum absolute atomic E-state index is 0.314. The summed E-state index contributed by atoms with van der Waals surface area (Å²) in [6, 6.07) is 0. The lowest BCUT2D eigenvalue weighted by molar-refractivity contribution is 0.0938. The van der Waals surface area contributed by atoms with Crippen molar-refractivity contribution >= 4 is 5.69 Å². The molecule has 0 aliphatic rings. The number of nitrogens with zero attached hydrogens (tertiary/aromatic N) is 1. The molecule has 0 aromatic carbocycles. The Bertz CT molecular complexity index is 381. The molecule has 3 nitrogen and oxygen atoms in total. The van der Waals surface area contributed by atoms with Crippen LogP contribution in [-0.2, 0) is 11.3 Å². The highest BCUT2D eigenvalue weighted by Gasteiger charge is 2.10. The highest BCUT2D eigenvalue weighted by molar-refractivity contribution is 5.53. The normalized spacial score (nSPS) is 11.8. The fourth-order valence-electron chi connectivity index (χ4n) is 1.49. The molecule has 0 spiro atoms. The van der Waals surface area contributed by atoms with E-state index in [1.807, 2.05) is 20.0 Å². The van der Waals surface area contributed by atoms with Gasteiger partial charge in [0.05, 0.1) is 12.3 Å². The first-order valence-corrected chi connectivity index (χ1v) is 6.09. The largest absolute Gasteiger partial charge is 0.398 e. The van der Waals surface area contributed by atoms with Gasteiger partial charge in [0.1, 0.15) is 0 Å². The molecule has 0 bridgehead atoms. The van der Waals surface area contributed by atoms with Gasteiger partial charge in [-0.3, -0.25) is 4.98 Å². The van der Waals surface area contributed by atoms with Gasteiger partial charge in [-0.25, -0.2) is 0 Å². The molecule has 96 valence electrons. The van der Waals surface area contributed by atoms with Crippen molar-refractivity contribution < 1.29 is 4.74 Å². The van der Waals surface area contributed by atoms with Crippen LogP contribution < -0.4 is 5.73 Å². The number of rotatable bonds is 4. The summed E-state index contributed by atoms with van der Waals surface area (Å²) in [4.78, 5) is 4.37. The molecule has 0 atom stereocenters. The summed E-state index contributed by atoms with van der Waals surface area (Å²) < 4.78 is 5.65. The first kappa shape index (κ1) is 14.0. The van der Waals surface area contributed by atoms with Gasteiger partial charge in [-0.1, -0.05) is 20.8 Å². The van der Waals surface area contributed by atoms with Crippen molar-refractivity contribution in [3.63, 3.8) is 0 Å². The number of hydrogen-bond donors (Lipinski definition) is 1. The van der Waals surface area contributed by atoms with Gasteiger partial charge < -0.3 is 10.5 Å². The van der Waals surface area contributed by atoms with Crippen molar-refractivity contribution in [2.45, 2.75) is 47.6 Å². The topological polar surface area (TPSA) is 48.1 Å². The van der Waals surface area contributed by atoms with Gasteiger partial charge >= 0.3 is 0 Å². The number of aryl methyl sites for hydroxylation is 1. The predicted molar refractivity (Wildman–Crippen MR) is 71.9 cm³/mol. The Morgan fingerprint density at radius 2 is 1.94 bits per heavy atom. The van der Waals surface area contributed by atoms with E-state index < -0.39 is 0 Å². The monoisotopic (exact) mass is 236 g/mol. The molecule has 1 heterocycles. The third-order valence-corrected chi connectivity index (χ3v) is 2.91. The summed E-state index contributed by atoms with van der Waals surface area (Å²) in [5, 5.41) is 0. The molecule has 0 aliphatic carbocycles. The molecule has 0 aliphatic heterocycles. The van der Waals surface area contributed by atoms with Gasteiger partial charge in [-0.2, -0.15) is 0 Å². The zero-order chi connectivity index (χ0) is 13.1. The Balaban J connectivity index is 2.51. The van der Waals surface area contributed by atoms with Gasteiger partial charge in [0.2, 0.25) is 0 Å². The summed E-state index contributed by atoms with van der Waals surface area (Å²) in [6.45, 7) is 11.9. The van der Waals surface area contributed by atoms with Gasteiger partial charge in [0.15, 0.2) is 0 Å². The molecule has 1 rings (SSSR count). The molecule has 1 aromatic heterocycles. The van der Waals surface area contributed by atoms with Crippen LogP contribution in [0.25, 0.3) is 0 Å². The van der Waals surface area contributed by atoms with Crippen molar-refractivity contribution in [1.29, 1.82) is 0 Å². The molecule has 0 fully saturated rings. The zero-order valence-electron chi connectivity index (χ0n) is 11.6. The van der Waals surface area contributed by atoms with E-state index in [9.17, 15) is 0 Å². The summed E-state index contributed by atoms with van der Waals surface area (Å²) >= 11 is 0. The minimum atomic E-state index is 0.314. The number of nitrogen functional groups attached to an aromatic ring is 1. The van der Waals surface area contributed by atoms with E-state index in [4.69, 9.17) is 10.5 Å². The van der Waals surface area contributed by atoms with Crippen LogP contribution >= 0.6 is 0 Å².